The van der Waals surface area contributed by atoms with E-state index >= 15 is 0 Å². The Kier molecular flexibility index (Phi) is 4.90. The van der Waals surface area contributed by atoms with Crippen molar-refractivity contribution >= 4 is 33.3 Å². The topological polar surface area (TPSA) is 73.2 Å². The number of para-hydroxylation sites is 1. The van der Waals surface area contributed by atoms with Crippen LogP contribution in [0, 0.1) is 6.92 Å². The average molecular weight is 405 g/mol. The Balaban J connectivity index is 1.68. The molecule has 2 aromatic carbocycles. The highest BCUT2D eigenvalue weighted by atomic mass is 32.1. The number of pyridine rings is 1. The van der Waals surface area contributed by atoms with Crippen molar-refractivity contribution in [2.24, 2.45) is 7.05 Å². The fourth-order valence-corrected chi connectivity index (χ4v) is 3.95. The van der Waals surface area contributed by atoms with Crippen molar-refractivity contribution in [3.05, 3.63) is 75.4 Å². The molecule has 0 bridgehead atoms. The number of aryl methyl sites for hydroxylation is 2. The second-order valence-corrected chi connectivity index (χ2v) is 7.53. The molecule has 1 N–H and O–H groups in total. The van der Waals surface area contributed by atoms with Crippen LogP contribution in [0.2, 0.25) is 0 Å². The van der Waals surface area contributed by atoms with Gasteiger partial charge in [0.15, 0.2) is 5.13 Å². The standard InChI is InChI=1S/C22H19N3O3S/c1-13-8-9-19(28-3)16(10-13)17-12-29-22(23-17)24-21(27)15-11-20(26)25(2)18-7-5-4-6-14(15)18/h4-12H,1-3H3,(H,23,24,27). The smallest absolute Gasteiger partial charge is 0.258 e. The van der Waals surface area contributed by atoms with Gasteiger partial charge >= 0.3 is 0 Å². The Bertz CT molecular complexity index is 1290. The molecule has 0 spiro atoms. The number of anilines is 1. The van der Waals surface area contributed by atoms with Crippen LogP contribution in [0.25, 0.3) is 22.2 Å². The van der Waals surface area contributed by atoms with Gasteiger partial charge < -0.3 is 9.30 Å². The summed E-state index contributed by atoms with van der Waals surface area (Å²) in [4.78, 5) is 29.7. The first-order valence-corrected chi connectivity index (χ1v) is 9.86. The van der Waals surface area contributed by atoms with Crippen LogP contribution in [0.4, 0.5) is 5.13 Å². The van der Waals surface area contributed by atoms with Crippen LogP contribution in [-0.2, 0) is 7.05 Å². The molecule has 0 aliphatic heterocycles. The van der Waals surface area contributed by atoms with Crippen molar-refractivity contribution in [2.75, 3.05) is 12.4 Å². The monoisotopic (exact) mass is 405 g/mol. The zero-order valence-corrected chi connectivity index (χ0v) is 17.0. The van der Waals surface area contributed by atoms with Crippen LogP contribution in [0.3, 0.4) is 0 Å². The van der Waals surface area contributed by atoms with Gasteiger partial charge in [-0.25, -0.2) is 4.98 Å². The van der Waals surface area contributed by atoms with Gasteiger partial charge in [-0.3, -0.25) is 14.9 Å². The summed E-state index contributed by atoms with van der Waals surface area (Å²) in [6.07, 6.45) is 0. The van der Waals surface area contributed by atoms with Gasteiger partial charge in [0.1, 0.15) is 5.75 Å². The largest absolute Gasteiger partial charge is 0.496 e. The summed E-state index contributed by atoms with van der Waals surface area (Å²) in [7, 11) is 3.30. The lowest BCUT2D eigenvalue weighted by atomic mass is 10.1. The number of amides is 1. The van der Waals surface area contributed by atoms with Crippen LogP contribution < -0.4 is 15.6 Å². The van der Waals surface area contributed by atoms with E-state index in [0.29, 0.717) is 21.6 Å². The molecule has 29 heavy (non-hydrogen) atoms. The molecule has 0 fully saturated rings. The van der Waals surface area contributed by atoms with Crippen LogP contribution >= 0.6 is 11.3 Å². The molecule has 6 nitrogen and oxygen atoms in total. The lowest BCUT2D eigenvalue weighted by Crippen LogP contribution is -2.21. The maximum absolute atomic E-state index is 12.9. The van der Waals surface area contributed by atoms with Gasteiger partial charge in [0, 0.05) is 29.4 Å². The highest BCUT2D eigenvalue weighted by Crippen LogP contribution is 2.33. The molecule has 0 radical (unpaired) electrons. The molecule has 146 valence electrons. The van der Waals surface area contributed by atoms with Crippen molar-refractivity contribution in [1.29, 1.82) is 0 Å². The maximum atomic E-state index is 12.9. The quantitative estimate of drug-likeness (QED) is 0.551. The van der Waals surface area contributed by atoms with E-state index in [1.54, 1.807) is 14.2 Å². The number of carbonyl (C=O) groups is 1. The van der Waals surface area contributed by atoms with Crippen LogP contribution in [0.15, 0.2) is 58.7 Å². The van der Waals surface area contributed by atoms with E-state index in [0.717, 1.165) is 22.6 Å². The molecule has 0 atom stereocenters. The molecule has 4 rings (SSSR count). The van der Waals surface area contributed by atoms with Crippen molar-refractivity contribution in [2.45, 2.75) is 6.92 Å². The second kappa shape index (κ2) is 7.52. The van der Waals surface area contributed by atoms with Crippen LogP contribution in [0.1, 0.15) is 15.9 Å². The minimum absolute atomic E-state index is 0.238. The highest BCUT2D eigenvalue weighted by Gasteiger charge is 2.16. The number of thiazole rings is 1. The van der Waals surface area contributed by atoms with E-state index in [2.05, 4.69) is 10.3 Å². The van der Waals surface area contributed by atoms with Crippen molar-refractivity contribution in [1.82, 2.24) is 9.55 Å². The zero-order valence-electron chi connectivity index (χ0n) is 16.2. The fourth-order valence-electron chi connectivity index (χ4n) is 3.24. The average Bonchev–Trinajstić information content (AvgIpc) is 3.19. The Morgan fingerprint density at radius 2 is 1.97 bits per heavy atom. The minimum Gasteiger partial charge on any atom is -0.496 e. The summed E-state index contributed by atoms with van der Waals surface area (Å²) in [5, 5.41) is 5.86. The Morgan fingerprint density at radius 1 is 1.17 bits per heavy atom. The maximum Gasteiger partial charge on any atom is 0.258 e. The van der Waals surface area contributed by atoms with Gasteiger partial charge in [-0.15, -0.1) is 11.3 Å². The van der Waals surface area contributed by atoms with Gasteiger partial charge in [0.05, 0.1) is 23.9 Å². The van der Waals surface area contributed by atoms with Gasteiger partial charge in [0.2, 0.25) is 0 Å². The summed E-state index contributed by atoms with van der Waals surface area (Å²) in [5.74, 6) is 0.354. The van der Waals surface area contributed by atoms with Crippen molar-refractivity contribution in [3.63, 3.8) is 0 Å². The summed E-state index contributed by atoms with van der Waals surface area (Å²) in [6.45, 7) is 2.00. The van der Waals surface area contributed by atoms with Crippen LogP contribution in [0.5, 0.6) is 5.75 Å². The number of ether oxygens (including phenoxy) is 1. The lowest BCUT2D eigenvalue weighted by Gasteiger charge is -2.09. The summed E-state index contributed by atoms with van der Waals surface area (Å²) < 4.78 is 6.95. The number of fused-ring (bicyclic) bond motifs is 1. The van der Waals surface area contributed by atoms with Gasteiger partial charge in [-0.05, 0) is 25.1 Å². The molecule has 2 heterocycles. The Labute approximate surface area is 171 Å². The number of nitrogens with zero attached hydrogens (tertiary/aromatic N) is 2. The molecule has 0 unspecified atom stereocenters. The normalized spacial score (nSPS) is 10.9. The molecular weight excluding hydrogens is 386 g/mol. The third-order valence-corrected chi connectivity index (χ3v) is 5.51. The summed E-state index contributed by atoms with van der Waals surface area (Å²) in [5.41, 5.74) is 3.47. The molecule has 1 amide bonds. The zero-order chi connectivity index (χ0) is 20.5. The molecule has 0 aliphatic rings. The third kappa shape index (κ3) is 3.52. The fraction of sp³-hybridized carbons (Fsp3) is 0.136. The SMILES string of the molecule is COc1ccc(C)cc1-c1csc(NC(=O)c2cc(=O)n(C)c3ccccc23)n1. The van der Waals surface area contributed by atoms with E-state index in [4.69, 9.17) is 4.74 Å². The van der Waals surface area contributed by atoms with E-state index in [1.165, 1.54) is 22.0 Å². The molecular formula is C22H19N3O3S. The first kappa shape index (κ1) is 18.9. The molecule has 0 saturated heterocycles. The van der Waals surface area contributed by atoms with Crippen molar-refractivity contribution < 1.29 is 9.53 Å². The highest BCUT2D eigenvalue weighted by molar-refractivity contribution is 7.14. The Hall–Kier alpha value is -3.45. The molecule has 4 aromatic rings. The predicted molar refractivity (Wildman–Crippen MR) is 116 cm³/mol. The third-order valence-electron chi connectivity index (χ3n) is 4.75. The number of methoxy groups -OCH3 is 1. The lowest BCUT2D eigenvalue weighted by molar-refractivity contribution is 0.102. The van der Waals surface area contributed by atoms with Gasteiger partial charge in [-0.2, -0.15) is 0 Å². The number of carbonyl (C=O) groups excluding carboxylic acids is 1. The number of hydrogen-bond acceptors (Lipinski definition) is 5. The molecule has 0 aliphatic carbocycles. The number of rotatable bonds is 4. The molecule has 0 saturated carbocycles. The molecule has 7 heteroatoms. The first-order chi connectivity index (χ1) is 14.0. The summed E-state index contributed by atoms with van der Waals surface area (Å²) in [6, 6.07) is 14.5. The van der Waals surface area contributed by atoms with E-state index < -0.39 is 0 Å². The Morgan fingerprint density at radius 3 is 2.76 bits per heavy atom. The number of aromatic nitrogens is 2. The molecule has 2 aromatic heterocycles. The first-order valence-electron chi connectivity index (χ1n) is 8.98. The second-order valence-electron chi connectivity index (χ2n) is 6.67. The van der Waals surface area contributed by atoms with E-state index in [9.17, 15) is 9.59 Å². The van der Waals surface area contributed by atoms with E-state index in [-0.39, 0.29) is 11.5 Å². The number of nitrogens with one attached hydrogen (secondary N) is 1. The summed E-state index contributed by atoms with van der Waals surface area (Å²) >= 11 is 1.32. The van der Waals surface area contributed by atoms with Gasteiger partial charge in [-0.1, -0.05) is 29.8 Å². The van der Waals surface area contributed by atoms with Gasteiger partial charge in [0.25, 0.3) is 11.5 Å². The van der Waals surface area contributed by atoms with Crippen molar-refractivity contribution in [3.8, 4) is 17.0 Å². The number of hydrogen-bond donors (Lipinski definition) is 1. The predicted octanol–water partition coefficient (Wildman–Crippen LogP) is 4.23. The number of benzene rings is 2. The van der Waals surface area contributed by atoms with Crippen LogP contribution in [-0.4, -0.2) is 22.6 Å². The van der Waals surface area contributed by atoms with E-state index in [1.807, 2.05) is 54.8 Å². The minimum atomic E-state index is -0.365.